The largest absolute Gasteiger partial charge is 0.370 e. The van der Waals surface area contributed by atoms with Crippen molar-refractivity contribution in [1.29, 1.82) is 0 Å². The van der Waals surface area contributed by atoms with Crippen LogP contribution >= 0.6 is 11.3 Å². The van der Waals surface area contributed by atoms with E-state index in [0.717, 1.165) is 50.4 Å². The summed E-state index contributed by atoms with van der Waals surface area (Å²) in [5, 5.41) is 2.92. The van der Waals surface area contributed by atoms with Gasteiger partial charge in [0, 0.05) is 49.9 Å². The summed E-state index contributed by atoms with van der Waals surface area (Å²) in [5.41, 5.74) is 1.06. The molecule has 0 radical (unpaired) electrons. The molecule has 5 rings (SSSR count). The maximum absolute atomic E-state index is 13.2. The van der Waals surface area contributed by atoms with Crippen LogP contribution in [0, 0.1) is 11.8 Å². The van der Waals surface area contributed by atoms with Crippen LogP contribution in [0.3, 0.4) is 0 Å². The van der Waals surface area contributed by atoms with Gasteiger partial charge in [0.15, 0.2) is 0 Å². The van der Waals surface area contributed by atoms with Crippen molar-refractivity contribution in [2.24, 2.45) is 11.8 Å². The van der Waals surface area contributed by atoms with Gasteiger partial charge in [-0.25, -0.2) is 0 Å². The van der Waals surface area contributed by atoms with Gasteiger partial charge in [0.25, 0.3) is 5.91 Å². The van der Waals surface area contributed by atoms with Gasteiger partial charge in [0.1, 0.15) is 0 Å². The Bertz CT molecular complexity index is 784. The second kappa shape index (κ2) is 7.11. The molecular formula is C21H29N3O3S. The third-order valence-electron chi connectivity index (χ3n) is 7.03. The van der Waals surface area contributed by atoms with Crippen LogP contribution in [0.15, 0.2) is 6.07 Å². The van der Waals surface area contributed by atoms with Crippen LogP contribution in [-0.4, -0.2) is 67.5 Å². The van der Waals surface area contributed by atoms with Crippen molar-refractivity contribution in [2.75, 3.05) is 45.9 Å². The summed E-state index contributed by atoms with van der Waals surface area (Å²) < 4.78 is 6.35. The molecule has 1 aromatic heterocycles. The minimum Gasteiger partial charge on any atom is -0.370 e. The van der Waals surface area contributed by atoms with Crippen LogP contribution in [0.1, 0.15) is 46.3 Å². The Balaban J connectivity index is 1.34. The van der Waals surface area contributed by atoms with E-state index in [2.05, 4.69) is 23.2 Å². The highest BCUT2D eigenvalue weighted by Gasteiger charge is 2.45. The quantitative estimate of drug-likeness (QED) is 0.837. The van der Waals surface area contributed by atoms with Gasteiger partial charge in [-0.1, -0.05) is 6.92 Å². The number of piperidine rings is 1. The van der Waals surface area contributed by atoms with Gasteiger partial charge in [-0.15, -0.1) is 11.3 Å². The minimum absolute atomic E-state index is 0.0175. The van der Waals surface area contributed by atoms with Crippen LogP contribution in [-0.2, 0) is 21.6 Å². The van der Waals surface area contributed by atoms with E-state index in [4.69, 9.17) is 4.74 Å². The maximum atomic E-state index is 13.2. The first-order valence-electron chi connectivity index (χ1n) is 10.7. The molecule has 4 aliphatic heterocycles. The zero-order valence-corrected chi connectivity index (χ0v) is 17.4. The number of amides is 2. The number of thiophene rings is 1. The van der Waals surface area contributed by atoms with Gasteiger partial charge in [0.05, 0.1) is 23.0 Å². The van der Waals surface area contributed by atoms with Crippen molar-refractivity contribution in [3.05, 3.63) is 21.4 Å². The summed E-state index contributed by atoms with van der Waals surface area (Å²) in [6.07, 6.45) is 4.12. The Morgan fingerprint density at radius 3 is 2.93 bits per heavy atom. The van der Waals surface area contributed by atoms with Gasteiger partial charge in [0.2, 0.25) is 5.91 Å². The summed E-state index contributed by atoms with van der Waals surface area (Å²) in [6.45, 7) is 8.23. The van der Waals surface area contributed by atoms with E-state index in [-0.39, 0.29) is 29.3 Å². The lowest BCUT2D eigenvalue weighted by Crippen LogP contribution is -2.46. The van der Waals surface area contributed by atoms with E-state index < -0.39 is 0 Å². The molecule has 0 aliphatic carbocycles. The van der Waals surface area contributed by atoms with Crippen LogP contribution in [0.5, 0.6) is 0 Å². The third kappa shape index (κ3) is 2.99. The number of nitrogens with zero attached hydrogens (tertiary/aromatic N) is 2. The average molecular weight is 404 g/mol. The van der Waals surface area contributed by atoms with Gasteiger partial charge in [-0.2, -0.15) is 0 Å². The minimum atomic E-state index is -0.200. The Kier molecular flexibility index (Phi) is 4.72. The molecule has 5 heterocycles. The average Bonchev–Trinajstić information content (AvgIpc) is 3.40. The molecule has 28 heavy (non-hydrogen) atoms. The van der Waals surface area contributed by atoms with Gasteiger partial charge in [-0.05, 0) is 37.4 Å². The highest BCUT2D eigenvalue weighted by molar-refractivity contribution is 7.14. The first-order chi connectivity index (χ1) is 13.6. The predicted molar refractivity (Wildman–Crippen MR) is 108 cm³/mol. The second-order valence-electron chi connectivity index (χ2n) is 8.70. The number of nitrogens with one attached hydrogen (secondary N) is 1. The highest BCUT2D eigenvalue weighted by atomic mass is 32.1. The van der Waals surface area contributed by atoms with E-state index in [1.165, 1.54) is 16.9 Å². The molecule has 3 saturated heterocycles. The van der Waals surface area contributed by atoms with E-state index in [1.807, 2.05) is 4.90 Å². The number of ether oxygens (including phenoxy) is 1. The number of carbonyl (C=O) groups excluding carboxylic acids is 2. The molecular weight excluding hydrogens is 374 g/mol. The lowest BCUT2D eigenvalue weighted by molar-refractivity contribution is -0.122. The molecule has 7 heteroatoms. The van der Waals surface area contributed by atoms with Crippen molar-refractivity contribution < 1.29 is 14.3 Å². The molecule has 1 N–H and O–H groups in total. The number of hydrogen-bond donors (Lipinski definition) is 1. The third-order valence-corrected chi connectivity index (χ3v) is 8.21. The maximum Gasteiger partial charge on any atom is 0.263 e. The molecule has 4 aliphatic rings. The fourth-order valence-corrected chi connectivity index (χ4v) is 6.65. The number of likely N-dealkylation sites (tertiary alicyclic amines) is 2. The number of rotatable bonds is 3. The molecule has 6 nitrogen and oxygen atoms in total. The molecule has 152 valence electrons. The zero-order valence-electron chi connectivity index (χ0n) is 16.5. The van der Waals surface area contributed by atoms with Crippen LogP contribution in [0.2, 0.25) is 0 Å². The van der Waals surface area contributed by atoms with Crippen molar-refractivity contribution >= 4 is 23.2 Å². The topological polar surface area (TPSA) is 61.9 Å². The van der Waals surface area contributed by atoms with Crippen molar-refractivity contribution in [2.45, 2.75) is 38.2 Å². The predicted octanol–water partition coefficient (Wildman–Crippen LogP) is 1.84. The summed E-state index contributed by atoms with van der Waals surface area (Å²) >= 11 is 1.65. The molecule has 1 spiro atoms. The van der Waals surface area contributed by atoms with Crippen molar-refractivity contribution in [1.82, 2.24) is 15.1 Å². The number of hydrogen-bond acceptors (Lipinski definition) is 5. The van der Waals surface area contributed by atoms with Crippen LogP contribution < -0.4 is 5.32 Å². The molecule has 0 saturated carbocycles. The van der Waals surface area contributed by atoms with Crippen molar-refractivity contribution in [3.63, 3.8) is 0 Å². The van der Waals surface area contributed by atoms with E-state index in [1.54, 1.807) is 11.3 Å². The number of carbonyl (C=O) groups is 2. The number of fused-ring (bicyclic) bond motifs is 3. The van der Waals surface area contributed by atoms with Gasteiger partial charge < -0.3 is 19.9 Å². The smallest absolute Gasteiger partial charge is 0.263 e. The molecule has 0 bridgehead atoms. The first kappa shape index (κ1) is 18.6. The summed E-state index contributed by atoms with van der Waals surface area (Å²) in [7, 11) is 0. The van der Waals surface area contributed by atoms with Crippen LogP contribution in [0.4, 0.5) is 0 Å². The first-order valence-corrected chi connectivity index (χ1v) is 11.5. The normalized spacial score (nSPS) is 29.0. The SMILES string of the molecule is CCCN1CCC2(CC1)OCCc1sc(C(=O)N3C[C@@H]4CNC(=O)[C@@H]4C3)cc12. The fraction of sp³-hybridized carbons (Fsp3) is 0.714. The Morgan fingerprint density at radius 1 is 1.36 bits per heavy atom. The Morgan fingerprint density at radius 2 is 2.18 bits per heavy atom. The monoisotopic (exact) mass is 403 g/mol. The molecule has 0 aromatic carbocycles. The summed E-state index contributed by atoms with van der Waals surface area (Å²) in [4.78, 5) is 31.7. The van der Waals surface area contributed by atoms with Gasteiger partial charge in [-0.3, -0.25) is 9.59 Å². The highest BCUT2D eigenvalue weighted by Crippen LogP contribution is 2.45. The second-order valence-corrected chi connectivity index (χ2v) is 9.84. The lowest BCUT2D eigenvalue weighted by Gasteiger charge is -2.44. The van der Waals surface area contributed by atoms with E-state index in [0.29, 0.717) is 19.6 Å². The summed E-state index contributed by atoms with van der Waals surface area (Å²) in [6, 6.07) is 2.12. The molecule has 2 amide bonds. The zero-order chi connectivity index (χ0) is 19.3. The van der Waals surface area contributed by atoms with Gasteiger partial charge >= 0.3 is 0 Å². The van der Waals surface area contributed by atoms with E-state index in [9.17, 15) is 9.59 Å². The fourth-order valence-electron chi connectivity index (χ4n) is 5.45. The standard InChI is InChI=1S/C21H29N3O3S/c1-2-6-23-7-4-21(5-8-23)16-10-18(28-17(16)3-9-27-21)20(26)24-12-14-11-22-19(25)15(14)13-24/h10,14-15H,2-9,11-13H2,1H3,(H,22,25)/t14-,15+/m0/s1. The Labute approximate surface area is 170 Å². The molecule has 2 atom stereocenters. The van der Waals surface area contributed by atoms with Crippen LogP contribution in [0.25, 0.3) is 0 Å². The van der Waals surface area contributed by atoms with E-state index >= 15 is 0 Å². The Hall–Kier alpha value is -1.44. The molecule has 3 fully saturated rings. The lowest BCUT2D eigenvalue weighted by atomic mass is 9.82. The van der Waals surface area contributed by atoms with Crippen molar-refractivity contribution in [3.8, 4) is 0 Å². The molecule has 0 unspecified atom stereocenters. The molecule has 1 aromatic rings. The summed E-state index contributed by atoms with van der Waals surface area (Å²) in [5.74, 6) is 0.469.